The Morgan fingerprint density at radius 3 is 2.47 bits per heavy atom. The van der Waals surface area contributed by atoms with Gasteiger partial charge in [0.15, 0.2) is 5.65 Å². The van der Waals surface area contributed by atoms with E-state index in [1.54, 1.807) is 4.68 Å². The molecule has 0 aliphatic rings. The normalized spacial score (nSPS) is 11.1. The van der Waals surface area contributed by atoms with E-state index < -0.39 is 0 Å². The molecule has 0 aliphatic heterocycles. The summed E-state index contributed by atoms with van der Waals surface area (Å²) in [6, 6.07) is 13.7. The van der Waals surface area contributed by atoms with Gasteiger partial charge in [0.1, 0.15) is 0 Å². The fourth-order valence-corrected chi connectivity index (χ4v) is 4.52. The maximum absolute atomic E-state index is 13.5. The molecule has 176 valence electrons. The molecule has 0 bridgehead atoms. The molecule has 7 heteroatoms. The second-order valence-corrected chi connectivity index (χ2v) is 8.92. The topological polar surface area (TPSA) is 63.1 Å². The molecule has 0 fully saturated rings. The molecule has 0 unspecified atom stereocenters. The molecular weight excluding hydrogens is 446 g/mol. The highest BCUT2D eigenvalue weighted by molar-refractivity contribution is 6.31. The van der Waals surface area contributed by atoms with Gasteiger partial charge in [-0.05, 0) is 89.1 Å². The van der Waals surface area contributed by atoms with E-state index in [9.17, 15) is 4.79 Å². The number of nitrogens with one attached hydrogen (secondary N) is 1. The molecule has 1 amide bonds. The lowest BCUT2D eigenvalue weighted by molar-refractivity contribution is 0.102. The predicted octanol–water partition coefficient (Wildman–Crippen LogP) is 6.41. The Morgan fingerprint density at radius 1 is 1.06 bits per heavy atom. The van der Waals surface area contributed by atoms with Crippen molar-refractivity contribution in [1.29, 1.82) is 0 Å². The van der Waals surface area contributed by atoms with Crippen LogP contribution in [0.25, 0.3) is 16.7 Å². The van der Waals surface area contributed by atoms with Crippen molar-refractivity contribution in [3.63, 3.8) is 0 Å². The second kappa shape index (κ2) is 9.47. The fraction of sp³-hybridized carbons (Fsp3) is 0.296. The first-order valence-electron chi connectivity index (χ1n) is 11.5. The number of carbonyl (C=O) groups is 1. The number of aromatic nitrogens is 3. The molecule has 2 aromatic carbocycles. The Morgan fingerprint density at radius 2 is 1.79 bits per heavy atom. The number of anilines is 2. The van der Waals surface area contributed by atoms with Gasteiger partial charge in [0.05, 0.1) is 22.3 Å². The van der Waals surface area contributed by atoms with Crippen molar-refractivity contribution in [3.8, 4) is 5.69 Å². The van der Waals surface area contributed by atoms with E-state index in [0.29, 0.717) is 16.2 Å². The maximum atomic E-state index is 13.5. The van der Waals surface area contributed by atoms with E-state index in [1.165, 1.54) is 0 Å². The quantitative estimate of drug-likeness (QED) is 0.350. The number of carbonyl (C=O) groups excluding carboxylic acids is 1. The van der Waals surface area contributed by atoms with Gasteiger partial charge in [-0.2, -0.15) is 5.10 Å². The highest BCUT2D eigenvalue weighted by Crippen LogP contribution is 2.29. The molecule has 0 spiro atoms. The Balaban J connectivity index is 1.76. The van der Waals surface area contributed by atoms with Gasteiger partial charge in [-0.3, -0.25) is 4.79 Å². The predicted molar refractivity (Wildman–Crippen MR) is 141 cm³/mol. The van der Waals surface area contributed by atoms with Gasteiger partial charge in [0, 0.05) is 35.2 Å². The van der Waals surface area contributed by atoms with Crippen LogP contribution in [0.5, 0.6) is 0 Å². The van der Waals surface area contributed by atoms with Crippen molar-refractivity contribution in [2.45, 2.75) is 41.5 Å². The molecule has 4 aromatic rings. The summed E-state index contributed by atoms with van der Waals surface area (Å²) < 4.78 is 1.78. The molecule has 0 radical (unpaired) electrons. The number of rotatable bonds is 6. The maximum Gasteiger partial charge on any atom is 0.256 e. The van der Waals surface area contributed by atoms with Crippen LogP contribution >= 0.6 is 11.6 Å². The molecule has 4 rings (SSSR count). The molecule has 1 N–H and O–H groups in total. The summed E-state index contributed by atoms with van der Waals surface area (Å²) in [5.41, 5.74) is 7.38. The zero-order chi connectivity index (χ0) is 24.6. The van der Waals surface area contributed by atoms with Crippen LogP contribution in [0.15, 0.2) is 42.5 Å². The highest BCUT2D eigenvalue weighted by Gasteiger charge is 2.21. The lowest BCUT2D eigenvalue weighted by atomic mass is 10.1. The fourth-order valence-electron chi connectivity index (χ4n) is 4.35. The molecule has 2 aromatic heterocycles. The number of aryl methyl sites for hydroxylation is 3. The Hall–Kier alpha value is -3.38. The summed E-state index contributed by atoms with van der Waals surface area (Å²) in [4.78, 5) is 20.5. The number of hydrogen-bond donors (Lipinski definition) is 1. The van der Waals surface area contributed by atoms with E-state index in [1.807, 2.05) is 64.1 Å². The summed E-state index contributed by atoms with van der Waals surface area (Å²) in [5, 5.41) is 9.23. The van der Waals surface area contributed by atoms with E-state index in [2.05, 4.69) is 30.1 Å². The zero-order valence-electron chi connectivity index (χ0n) is 20.5. The van der Waals surface area contributed by atoms with Gasteiger partial charge in [0.25, 0.3) is 5.91 Å². The third-order valence-electron chi connectivity index (χ3n) is 6.24. The summed E-state index contributed by atoms with van der Waals surface area (Å²) in [5.74, 6) is -0.181. The third-order valence-corrected chi connectivity index (χ3v) is 6.65. The third kappa shape index (κ3) is 4.26. The summed E-state index contributed by atoms with van der Waals surface area (Å²) in [7, 11) is 0. The minimum absolute atomic E-state index is 0.181. The molecule has 0 saturated heterocycles. The van der Waals surface area contributed by atoms with Gasteiger partial charge >= 0.3 is 0 Å². The highest BCUT2D eigenvalue weighted by atomic mass is 35.5. The van der Waals surface area contributed by atoms with Crippen LogP contribution in [0.3, 0.4) is 0 Å². The van der Waals surface area contributed by atoms with Gasteiger partial charge in [-0.25, -0.2) is 9.67 Å². The number of halogens is 1. The SMILES string of the molecule is CCN(CC)c1ccc(NC(=O)c2cc(C)nc3c2c(C)nn3-c2cccc(Cl)c2C)c(C)c1. The minimum atomic E-state index is -0.181. The van der Waals surface area contributed by atoms with E-state index in [-0.39, 0.29) is 5.91 Å². The van der Waals surface area contributed by atoms with E-state index in [4.69, 9.17) is 21.7 Å². The van der Waals surface area contributed by atoms with Gasteiger partial charge in [0.2, 0.25) is 0 Å². The largest absolute Gasteiger partial charge is 0.372 e. The first-order chi connectivity index (χ1) is 16.2. The first-order valence-corrected chi connectivity index (χ1v) is 11.9. The smallest absolute Gasteiger partial charge is 0.256 e. The Kier molecular flexibility index (Phi) is 6.62. The number of hydrogen-bond acceptors (Lipinski definition) is 4. The van der Waals surface area contributed by atoms with Gasteiger partial charge in [-0.15, -0.1) is 0 Å². The standard InChI is InChI=1S/C27H30ClN5O/c1-7-32(8-2)20-12-13-23(16(3)14-20)30-27(34)21-15-17(4)29-26-25(21)19(6)31-33(26)24-11-9-10-22(28)18(24)5/h9-15H,7-8H2,1-6H3,(H,30,34). The number of amides is 1. The van der Waals surface area contributed by atoms with Crippen LogP contribution in [-0.2, 0) is 0 Å². The molecule has 34 heavy (non-hydrogen) atoms. The minimum Gasteiger partial charge on any atom is -0.372 e. The van der Waals surface area contributed by atoms with Crippen LogP contribution in [0.1, 0.15) is 46.7 Å². The number of benzene rings is 2. The number of pyridine rings is 1. The molecule has 2 heterocycles. The van der Waals surface area contributed by atoms with Crippen molar-refractivity contribution in [2.75, 3.05) is 23.3 Å². The number of fused-ring (bicyclic) bond motifs is 1. The van der Waals surface area contributed by atoms with Crippen LogP contribution in [0.4, 0.5) is 11.4 Å². The van der Waals surface area contributed by atoms with Gasteiger partial charge < -0.3 is 10.2 Å². The Bertz CT molecular complexity index is 1390. The average molecular weight is 476 g/mol. The summed E-state index contributed by atoms with van der Waals surface area (Å²) >= 11 is 6.36. The monoisotopic (exact) mass is 475 g/mol. The average Bonchev–Trinajstić information content (AvgIpc) is 3.13. The van der Waals surface area contributed by atoms with Crippen LogP contribution in [0.2, 0.25) is 5.02 Å². The van der Waals surface area contributed by atoms with Crippen LogP contribution < -0.4 is 10.2 Å². The number of nitrogens with zero attached hydrogens (tertiary/aromatic N) is 4. The lowest BCUT2D eigenvalue weighted by Crippen LogP contribution is -2.22. The summed E-state index contributed by atoms with van der Waals surface area (Å²) in [6.45, 7) is 13.9. The van der Waals surface area contributed by atoms with Crippen molar-refractivity contribution < 1.29 is 4.79 Å². The van der Waals surface area contributed by atoms with Crippen molar-refractivity contribution in [2.24, 2.45) is 0 Å². The lowest BCUT2D eigenvalue weighted by Gasteiger charge is -2.22. The van der Waals surface area contributed by atoms with E-state index in [0.717, 1.165) is 58.1 Å². The molecular formula is C27H30ClN5O. The molecule has 0 atom stereocenters. The van der Waals surface area contributed by atoms with Gasteiger partial charge in [-0.1, -0.05) is 17.7 Å². The van der Waals surface area contributed by atoms with E-state index >= 15 is 0 Å². The second-order valence-electron chi connectivity index (χ2n) is 8.52. The van der Waals surface area contributed by atoms with Crippen LogP contribution in [0, 0.1) is 27.7 Å². The van der Waals surface area contributed by atoms with Crippen molar-refractivity contribution in [3.05, 3.63) is 75.6 Å². The molecule has 6 nitrogen and oxygen atoms in total. The van der Waals surface area contributed by atoms with Crippen molar-refractivity contribution >= 4 is 39.9 Å². The first kappa shape index (κ1) is 23.8. The molecule has 0 saturated carbocycles. The zero-order valence-corrected chi connectivity index (χ0v) is 21.3. The van der Waals surface area contributed by atoms with Crippen molar-refractivity contribution in [1.82, 2.24) is 14.8 Å². The van der Waals surface area contributed by atoms with Crippen LogP contribution in [-0.4, -0.2) is 33.8 Å². The summed E-state index contributed by atoms with van der Waals surface area (Å²) in [6.07, 6.45) is 0. The Labute approximate surface area is 205 Å². The molecule has 0 aliphatic carbocycles.